The summed E-state index contributed by atoms with van der Waals surface area (Å²) < 4.78 is 10.5. The third kappa shape index (κ3) is 2.87. The maximum Gasteiger partial charge on any atom is 0.161 e. The van der Waals surface area contributed by atoms with Crippen LogP contribution in [0, 0.1) is 11.3 Å². The summed E-state index contributed by atoms with van der Waals surface area (Å²) in [5.74, 6) is 1.80. The number of ether oxygens (including phenoxy) is 2. The molecule has 5 heteroatoms. The van der Waals surface area contributed by atoms with Gasteiger partial charge in [0.2, 0.25) is 0 Å². The number of aromatic nitrogens is 2. The molecular weight excluding hydrogens is 290 g/mol. The summed E-state index contributed by atoms with van der Waals surface area (Å²) in [6.07, 6.45) is 1.76. The van der Waals surface area contributed by atoms with Gasteiger partial charge in [0, 0.05) is 0 Å². The molecule has 0 atom stereocenters. The lowest BCUT2D eigenvalue weighted by molar-refractivity contribution is 0.355. The molecule has 0 aliphatic heterocycles. The minimum atomic E-state index is 0.452. The molecule has 5 nitrogen and oxygen atoms in total. The molecule has 1 heterocycles. The number of fused-ring (bicyclic) bond motifs is 1. The normalized spacial score (nSPS) is 11.3. The van der Waals surface area contributed by atoms with Gasteiger partial charge in [-0.2, -0.15) is 5.26 Å². The summed E-state index contributed by atoms with van der Waals surface area (Å²) >= 11 is 0. The van der Waals surface area contributed by atoms with Crippen LogP contribution in [0.5, 0.6) is 11.5 Å². The highest BCUT2D eigenvalue weighted by Crippen LogP contribution is 2.29. The Morgan fingerprint density at radius 2 is 1.91 bits per heavy atom. The first-order valence-electron chi connectivity index (χ1n) is 7.04. The van der Waals surface area contributed by atoms with Crippen LogP contribution in [0.25, 0.3) is 22.7 Å². The fourth-order valence-corrected chi connectivity index (χ4v) is 2.34. The average Bonchev–Trinajstić information content (AvgIpc) is 3.03. The molecule has 23 heavy (non-hydrogen) atoms. The van der Waals surface area contributed by atoms with Gasteiger partial charge in [0.05, 0.1) is 30.8 Å². The molecule has 0 fully saturated rings. The highest BCUT2D eigenvalue weighted by Gasteiger charge is 2.09. The van der Waals surface area contributed by atoms with Gasteiger partial charge in [-0.15, -0.1) is 0 Å². The Balaban J connectivity index is 2.03. The van der Waals surface area contributed by atoms with E-state index >= 15 is 0 Å². The van der Waals surface area contributed by atoms with Crippen molar-refractivity contribution in [3.8, 4) is 17.6 Å². The summed E-state index contributed by atoms with van der Waals surface area (Å²) in [6, 6.07) is 15.3. The average molecular weight is 305 g/mol. The number of rotatable bonds is 4. The molecule has 2 aromatic carbocycles. The summed E-state index contributed by atoms with van der Waals surface area (Å²) in [4.78, 5) is 7.61. The van der Waals surface area contributed by atoms with E-state index in [2.05, 4.69) is 16.0 Å². The first kappa shape index (κ1) is 14.7. The second-order valence-electron chi connectivity index (χ2n) is 4.89. The van der Waals surface area contributed by atoms with Gasteiger partial charge in [0.1, 0.15) is 11.9 Å². The van der Waals surface area contributed by atoms with E-state index in [4.69, 9.17) is 9.47 Å². The minimum Gasteiger partial charge on any atom is -0.493 e. The lowest BCUT2D eigenvalue weighted by atomic mass is 10.1. The number of aromatic amines is 1. The van der Waals surface area contributed by atoms with Crippen LogP contribution in [0.1, 0.15) is 11.4 Å². The Bertz CT molecular complexity index is 886. The zero-order valence-corrected chi connectivity index (χ0v) is 12.8. The van der Waals surface area contributed by atoms with E-state index in [1.54, 1.807) is 26.4 Å². The second kappa shape index (κ2) is 6.24. The molecule has 0 unspecified atom stereocenters. The maximum absolute atomic E-state index is 9.46. The van der Waals surface area contributed by atoms with E-state index in [-0.39, 0.29) is 0 Å². The van der Waals surface area contributed by atoms with E-state index in [9.17, 15) is 5.26 Å². The van der Waals surface area contributed by atoms with Gasteiger partial charge in [-0.25, -0.2) is 4.98 Å². The third-order valence-corrected chi connectivity index (χ3v) is 3.48. The quantitative estimate of drug-likeness (QED) is 0.747. The van der Waals surface area contributed by atoms with Crippen LogP contribution in [-0.2, 0) is 0 Å². The highest BCUT2D eigenvalue weighted by molar-refractivity contribution is 5.90. The second-order valence-corrected chi connectivity index (χ2v) is 4.89. The van der Waals surface area contributed by atoms with E-state index in [0.717, 1.165) is 16.6 Å². The Kier molecular flexibility index (Phi) is 3.98. The standard InChI is InChI=1S/C18H15N3O2/c1-22-16-8-7-12(10-17(16)23-2)9-13(11-19)18-20-14-5-3-4-6-15(14)21-18/h3-10H,1-2H3,(H,20,21)/b13-9-. The van der Waals surface area contributed by atoms with Crippen molar-refractivity contribution < 1.29 is 9.47 Å². The van der Waals surface area contributed by atoms with Crippen LogP contribution in [0.4, 0.5) is 0 Å². The number of nitriles is 1. The predicted octanol–water partition coefficient (Wildman–Crippen LogP) is 3.64. The topological polar surface area (TPSA) is 70.9 Å². The van der Waals surface area contributed by atoms with Crippen LogP contribution in [0.2, 0.25) is 0 Å². The largest absolute Gasteiger partial charge is 0.493 e. The Morgan fingerprint density at radius 3 is 2.61 bits per heavy atom. The van der Waals surface area contributed by atoms with Crippen molar-refractivity contribution in [2.45, 2.75) is 0 Å². The van der Waals surface area contributed by atoms with Crippen molar-refractivity contribution in [1.29, 1.82) is 5.26 Å². The fraction of sp³-hybridized carbons (Fsp3) is 0.111. The molecule has 3 rings (SSSR count). The molecule has 0 amide bonds. The zero-order chi connectivity index (χ0) is 16.2. The third-order valence-electron chi connectivity index (χ3n) is 3.48. The van der Waals surface area contributed by atoms with Gasteiger partial charge in [0.25, 0.3) is 0 Å². The lowest BCUT2D eigenvalue weighted by Gasteiger charge is -2.07. The number of hydrogen-bond acceptors (Lipinski definition) is 4. The van der Waals surface area contributed by atoms with Crippen molar-refractivity contribution in [2.75, 3.05) is 14.2 Å². The van der Waals surface area contributed by atoms with Crippen LogP contribution in [0.15, 0.2) is 42.5 Å². The SMILES string of the molecule is COc1ccc(/C=C(/C#N)c2nc3ccccc3[nH]2)cc1OC. The van der Waals surface area contributed by atoms with Crippen molar-refractivity contribution >= 4 is 22.7 Å². The number of hydrogen-bond donors (Lipinski definition) is 1. The number of H-pyrrole nitrogens is 1. The monoisotopic (exact) mass is 305 g/mol. The summed E-state index contributed by atoms with van der Waals surface area (Å²) in [7, 11) is 3.16. The molecule has 0 aliphatic rings. The van der Waals surface area contributed by atoms with Gasteiger partial charge in [-0.3, -0.25) is 0 Å². The summed E-state index contributed by atoms with van der Waals surface area (Å²) in [5, 5.41) is 9.46. The fourth-order valence-electron chi connectivity index (χ4n) is 2.34. The summed E-state index contributed by atoms with van der Waals surface area (Å²) in [6.45, 7) is 0. The Morgan fingerprint density at radius 1 is 1.13 bits per heavy atom. The molecule has 1 N–H and O–H groups in total. The maximum atomic E-state index is 9.46. The minimum absolute atomic E-state index is 0.452. The molecule has 0 bridgehead atoms. The summed E-state index contributed by atoms with van der Waals surface area (Å²) in [5.41, 5.74) is 3.01. The van der Waals surface area contributed by atoms with Crippen LogP contribution >= 0.6 is 0 Å². The molecular formula is C18H15N3O2. The van der Waals surface area contributed by atoms with Crippen LogP contribution in [-0.4, -0.2) is 24.2 Å². The predicted molar refractivity (Wildman–Crippen MR) is 89.1 cm³/mol. The molecule has 0 spiro atoms. The highest BCUT2D eigenvalue weighted by atomic mass is 16.5. The number of methoxy groups -OCH3 is 2. The van der Waals surface area contributed by atoms with Crippen LogP contribution < -0.4 is 9.47 Å². The molecule has 3 aromatic rings. The number of nitrogens with zero attached hydrogens (tertiary/aromatic N) is 2. The van der Waals surface area contributed by atoms with Gasteiger partial charge >= 0.3 is 0 Å². The van der Waals surface area contributed by atoms with Crippen LogP contribution in [0.3, 0.4) is 0 Å². The first-order valence-corrected chi connectivity index (χ1v) is 7.04. The van der Waals surface area contributed by atoms with E-state index in [1.165, 1.54) is 0 Å². The number of allylic oxidation sites excluding steroid dienone is 1. The zero-order valence-electron chi connectivity index (χ0n) is 12.8. The van der Waals surface area contributed by atoms with Crippen molar-refractivity contribution in [3.05, 3.63) is 53.9 Å². The first-order chi connectivity index (χ1) is 11.2. The van der Waals surface area contributed by atoms with Gasteiger partial charge < -0.3 is 14.5 Å². The Labute approximate surface area is 133 Å². The van der Waals surface area contributed by atoms with E-state index in [1.807, 2.05) is 36.4 Å². The molecule has 114 valence electrons. The molecule has 0 aliphatic carbocycles. The number of nitrogens with one attached hydrogen (secondary N) is 1. The van der Waals surface area contributed by atoms with Crippen molar-refractivity contribution in [2.24, 2.45) is 0 Å². The van der Waals surface area contributed by atoms with Crippen molar-refractivity contribution in [3.63, 3.8) is 0 Å². The molecule has 1 aromatic heterocycles. The van der Waals surface area contributed by atoms with Gasteiger partial charge in [0.15, 0.2) is 11.5 Å². The molecule has 0 saturated heterocycles. The van der Waals surface area contributed by atoms with Gasteiger partial charge in [-0.1, -0.05) is 18.2 Å². The molecule has 0 saturated carbocycles. The van der Waals surface area contributed by atoms with E-state index in [0.29, 0.717) is 22.9 Å². The number of benzene rings is 2. The lowest BCUT2D eigenvalue weighted by Crippen LogP contribution is -1.91. The van der Waals surface area contributed by atoms with Gasteiger partial charge in [-0.05, 0) is 35.9 Å². The number of para-hydroxylation sites is 2. The Hall–Kier alpha value is -3.26. The van der Waals surface area contributed by atoms with Crippen molar-refractivity contribution in [1.82, 2.24) is 9.97 Å². The smallest absolute Gasteiger partial charge is 0.161 e. The van der Waals surface area contributed by atoms with E-state index < -0.39 is 0 Å². The number of imidazole rings is 1. The molecule has 0 radical (unpaired) electrons.